The number of rotatable bonds is 5. The van der Waals surface area contributed by atoms with Gasteiger partial charge in [0.05, 0.1) is 0 Å². The second-order valence-corrected chi connectivity index (χ2v) is 14.7. The second-order valence-electron chi connectivity index (χ2n) is 14.7. The molecule has 0 spiro atoms. The summed E-state index contributed by atoms with van der Waals surface area (Å²) in [6.45, 7) is 0. The van der Waals surface area contributed by atoms with Crippen LogP contribution < -0.4 is 0 Å². The van der Waals surface area contributed by atoms with Gasteiger partial charge in [0.15, 0.2) is 17.5 Å². The molecule has 3 heterocycles. The monoisotopic (exact) mass is 741 g/mol. The van der Waals surface area contributed by atoms with Gasteiger partial charge in [-0.25, -0.2) is 15.0 Å². The lowest BCUT2D eigenvalue weighted by molar-refractivity contribution is 0.672. The minimum Gasteiger partial charge on any atom is -0.455 e. The summed E-state index contributed by atoms with van der Waals surface area (Å²) in [5.41, 5.74) is 10.4. The molecule has 12 aromatic rings. The molecule has 0 radical (unpaired) electrons. The molecule has 58 heavy (non-hydrogen) atoms. The minimum atomic E-state index is 0.562. The average Bonchev–Trinajstić information content (AvgIpc) is 3.89. The van der Waals surface area contributed by atoms with E-state index in [-0.39, 0.29) is 0 Å². The van der Waals surface area contributed by atoms with E-state index in [0.29, 0.717) is 17.5 Å². The van der Waals surface area contributed by atoms with Crippen LogP contribution in [0.3, 0.4) is 0 Å². The topological polar surface area (TPSA) is 65.0 Å². The summed E-state index contributed by atoms with van der Waals surface area (Å²) in [4.78, 5) is 16.0. The molecule has 5 nitrogen and oxygen atoms in total. The summed E-state index contributed by atoms with van der Waals surface area (Å²) in [7, 11) is 0. The van der Waals surface area contributed by atoms with Crippen molar-refractivity contribution in [1.82, 2.24) is 15.0 Å². The van der Waals surface area contributed by atoms with E-state index in [9.17, 15) is 0 Å². The van der Waals surface area contributed by atoms with Gasteiger partial charge in [0, 0.05) is 49.0 Å². The van der Waals surface area contributed by atoms with E-state index >= 15 is 0 Å². The summed E-state index contributed by atoms with van der Waals surface area (Å²) in [5, 5.41) is 8.08. The Morgan fingerprint density at radius 2 is 0.690 bits per heavy atom. The second kappa shape index (κ2) is 12.8. The highest BCUT2D eigenvalue weighted by Crippen LogP contribution is 2.44. The maximum absolute atomic E-state index is 6.71. The highest BCUT2D eigenvalue weighted by atomic mass is 16.3. The fourth-order valence-corrected chi connectivity index (χ4v) is 8.54. The summed E-state index contributed by atoms with van der Waals surface area (Å²) >= 11 is 0. The van der Waals surface area contributed by atoms with Crippen molar-refractivity contribution in [1.29, 1.82) is 0 Å². The molecule has 0 aliphatic carbocycles. The average molecular weight is 742 g/mol. The molecule has 0 aliphatic heterocycles. The molecular formula is C53H31N3O2. The molecule has 0 atom stereocenters. The van der Waals surface area contributed by atoms with Crippen molar-refractivity contribution in [2.45, 2.75) is 0 Å². The zero-order valence-electron chi connectivity index (χ0n) is 31.1. The largest absolute Gasteiger partial charge is 0.455 e. The SMILES string of the molecule is c1ccc(-c2ccc3c(c2)cc(-c2nc(-c4ccccc4)nc(-c4cc5cc(-c6ccccc6)ccc5c5oc6ccccc6c45)n2)c2c4ccccc4oc32)cc1. The van der Waals surface area contributed by atoms with E-state index in [1.807, 2.05) is 66.7 Å². The van der Waals surface area contributed by atoms with Crippen LogP contribution in [-0.4, -0.2) is 15.0 Å². The van der Waals surface area contributed by atoms with Gasteiger partial charge in [-0.1, -0.05) is 140 Å². The van der Waals surface area contributed by atoms with Crippen molar-refractivity contribution < 1.29 is 8.83 Å². The molecule has 0 bridgehead atoms. The van der Waals surface area contributed by atoms with E-state index in [0.717, 1.165) is 104 Å². The van der Waals surface area contributed by atoms with Crippen LogP contribution in [0.4, 0.5) is 0 Å². The number of fused-ring (bicyclic) bond motifs is 10. The summed E-state index contributed by atoms with van der Waals surface area (Å²) in [5.74, 6) is 1.71. The summed E-state index contributed by atoms with van der Waals surface area (Å²) in [6.07, 6.45) is 0. The van der Waals surface area contributed by atoms with Crippen LogP contribution in [0, 0.1) is 0 Å². The van der Waals surface area contributed by atoms with Crippen LogP contribution in [0.5, 0.6) is 0 Å². The molecule has 0 N–H and O–H groups in total. The third-order valence-electron chi connectivity index (χ3n) is 11.3. The Labute approximate surface area is 332 Å². The van der Waals surface area contributed by atoms with Crippen molar-refractivity contribution in [2.24, 2.45) is 0 Å². The molecule has 0 fully saturated rings. The molecule has 0 saturated carbocycles. The van der Waals surface area contributed by atoms with E-state index in [1.165, 1.54) is 0 Å². The summed E-state index contributed by atoms with van der Waals surface area (Å²) < 4.78 is 13.4. The zero-order valence-corrected chi connectivity index (χ0v) is 31.1. The normalized spacial score (nSPS) is 11.8. The maximum Gasteiger partial charge on any atom is 0.164 e. The molecule has 12 rings (SSSR count). The number of aromatic nitrogens is 3. The van der Waals surface area contributed by atoms with E-state index in [2.05, 4.69) is 121 Å². The third-order valence-corrected chi connectivity index (χ3v) is 11.3. The van der Waals surface area contributed by atoms with Crippen LogP contribution in [0.25, 0.3) is 122 Å². The van der Waals surface area contributed by atoms with Gasteiger partial charge < -0.3 is 8.83 Å². The lowest BCUT2D eigenvalue weighted by Crippen LogP contribution is -2.01. The molecule has 0 saturated heterocycles. The Balaban J connectivity index is 1.18. The molecule has 0 amide bonds. The number of hydrogen-bond acceptors (Lipinski definition) is 5. The molecule has 3 aromatic heterocycles. The Morgan fingerprint density at radius 1 is 0.293 bits per heavy atom. The van der Waals surface area contributed by atoms with Gasteiger partial charge in [0.2, 0.25) is 0 Å². The lowest BCUT2D eigenvalue weighted by atomic mass is 9.95. The highest BCUT2D eigenvalue weighted by Gasteiger charge is 2.23. The molecule has 9 aromatic carbocycles. The quantitative estimate of drug-likeness (QED) is 0.176. The van der Waals surface area contributed by atoms with Crippen LogP contribution in [0.15, 0.2) is 197 Å². The van der Waals surface area contributed by atoms with Gasteiger partial charge in [-0.15, -0.1) is 0 Å². The highest BCUT2D eigenvalue weighted by molar-refractivity contribution is 6.22. The predicted octanol–water partition coefficient (Wildman–Crippen LogP) is 14.3. The first-order valence-corrected chi connectivity index (χ1v) is 19.4. The van der Waals surface area contributed by atoms with E-state index < -0.39 is 0 Å². The van der Waals surface area contributed by atoms with Crippen LogP contribution in [-0.2, 0) is 0 Å². The van der Waals surface area contributed by atoms with Crippen LogP contribution in [0.2, 0.25) is 0 Å². The standard InChI is InChI=1S/C53H31N3O2/c1-4-14-32(15-5-1)35-24-26-39-37(28-35)30-43(47-41-20-10-12-22-45(41)57-49(39)47)52-54-51(34-18-8-3-9-19-34)55-53(56-52)44-31-38-29-36(33-16-6-2-7-17-33)25-27-40(38)50-48(44)42-21-11-13-23-46(42)58-50/h1-31H. The molecule has 0 aliphatic rings. The van der Waals surface area contributed by atoms with Crippen LogP contribution >= 0.6 is 0 Å². The van der Waals surface area contributed by atoms with Crippen molar-refractivity contribution in [3.05, 3.63) is 188 Å². The fraction of sp³-hybridized carbons (Fsp3) is 0. The van der Waals surface area contributed by atoms with Gasteiger partial charge in [0.1, 0.15) is 22.3 Å². The summed E-state index contributed by atoms with van der Waals surface area (Å²) in [6, 6.07) is 65.0. The molecule has 270 valence electrons. The number of benzene rings is 9. The number of nitrogens with zero attached hydrogens (tertiary/aromatic N) is 3. The molecular weight excluding hydrogens is 711 g/mol. The lowest BCUT2D eigenvalue weighted by Gasteiger charge is -2.13. The van der Waals surface area contributed by atoms with Crippen molar-refractivity contribution in [3.63, 3.8) is 0 Å². The maximum atomic E-state index is 6.71. The number of para-hydroxylation sites is 2. The van der Waals surface area contributed by atoms with Gasteiger partial charge in [0.25, 0.3) is 0 Å². The minimum absolute atomic E-state index is 0.562. The Kier molecular flexibility index (Phi) is 7.16. The fourth-order valence-electron chi connectivity index (χ4n) is 8.54. The van der Waals surface area contributed by atoms with E-state index in [4.69, 9.17) is 23.8 Å². The Hall–Kier alpha value is -7.89. The van der Waals surface area contributed by atoms with Gasteiger partial charge in [-0.2, -0.15) is 0 Å². The third kappa shape index (κ3) is 5.14. The van der Waals surface area contributed by atoms with Gasteiger partial charge in [-0.05, 0) is 81.6 Å². The first-order chi connectivity index (χ1) is 28.7. The van der Waals surface area contributed by atoms with Gasteiger partial charge in [-0.3, -0.25) is 0 Å². The van der Waals surface area contributed by atoms with Crippen molar-refractivity contribution in [3.8, 4) is 56.4 Å². The predicted molar refractivity (Wildman–Crippen MR) is 237 cm³/mol. The first kappa shape index (κ1) is 32.4. The van der Waals surface area contributed by atoms with E-state index in [1.54, 1.807) is 0 Å². The molecule has 5 heteroatoms. The van der Waals surface area contributed by atoms with Crippen molar-refractivity contribution >= 4 is 65.4 Å². The molecule has 0 unspecified atom stereocenters. The number of hydrogen-bond donors (Lipinski definition) is 0. The van der Waals surface area contributed by atoms with Crippen molar-refractivity contribution in [2.75, 3.05) is 0 Å². The first-order valence-electron chi connectivity index (χ1n) is 19.4. The smallest absolute Gasteiger partial charge is 0.164 e. The Morgan fingerprint density at radius 3 is 1.16 bits per heavy atom. The van der Waals surface area contributed by atoms with Gasteiger partial charge >= 0.3 is 0 Å². The van der Waals surface area contributed by atoms with Crippen LogP contribution in [0.1, 0.15) is 0 Å². The zero-order chi connectivity index (χ0) is 38.2. The Bertz CT molecular complexity index is 3340. The number of furan rings is 2.